The highest BCUT2D eigenvalue weighted by Gasteiger charge is 2.38. The van der Waals surface area contributed by atoms with Crippen LogP contribution < -0.4 is 9.46 Å². The molecule has 0 aliphatic carbocycles. The van der Waals surface area contributed by atoms with E-state index in [2.05, 4.69) is 4.72 Å². The molecule has 7 nitrogen and oxygen atoms in total. The molecule has 286 valence electrons. The zero-order chi connectivity index (χ0) is 39.5. The first kappa shape index (κ1) is 39.4. The van der Waals surface area contributed by atoms with Crippen molar-refractivity contribution < 1.29 is 49.4 Å². The lowest BCUT2D eigenvalue weighted by atomic mass is 9.97. The number of alkyl halides is 6. The van der Waals surface area contributed by atoms with E-state index in [1.54, 1.807) is 12.1 Å². The molecule has 6 rings (SSSR count). The maximum absolute atomic E-state index is 13.6. The zero-order valence-corrected chi connectivity index (χ0v) is 30.1. The lowest BCUT2D eigenvalue weighted by molar-refractivity contribution is -0.143. The van der Waals surface area contributed by atoms with Gasteiger partial charge in [-0.3, -0.25) is 0 Å². The van der Waals surface area contributed by atoms with Gasteiger partial charge < -0.3 is 14.4 Å². The normalized spacial score (nSPS) is 12.4. The first-order valence-corrected chi connectivity index (χ1v) is 18.6. The van der Waals surface area contributed by atoms with Crippen molar-refractivity contribution in [2.24, 2.45) is 0 Å². The molecule has 6 aromatic rings. The molecular weight excluding hydrogens is 770 g/mol. The molecule has 0 radical (unpaired) electrons. The number of nitrogens with one attached hydrogen (secondary N) is 1. The van der Waals surface area contributed by atoms with Gasteiger partial charge in [-0.1, -0.05) is 72.3 Å². The van der Waals surface area contributed by atoms with Crippen LogP contribution in [0, 0.1) is 0 Å². The number of halogens is 7. The summed E-state index contributed by atoms with van der Waals surface area (Å²) < 4.78 is 119. The number of aromatic carboxylic acids is 1. The summed E-state index contributed by atoms with van der Waals surface area (Å²) in [5.41, 5.74) is 0.313. The van der Waals surface area contributed by atoms with E-state index in [1.807, 2.05) is 71.3 Å². The molecule has 0 saturated carbocycles. The predicted molar refractivity (Wildman–Crippen MR) is 195 cm³/mol. The second-order valence-corrected chi connectivity index (χ2v) is 14.7. The summed E-state index contributed by atoms with van der Waals surface area (Å²) in [4.78, 5) is 10.1. The molecule has 0 fully saturated rings. The van der Waals surface area contributed by atoms with Crippen LogP contribution in [-0.2, 0) is 35.2 Å². The highest BCUT2D eigenvalue weighted by Crippen LogP contribution is 2.39. The summed E-state index contributed by atoms with van der Waals surface area (Å²) in [6, 6.07) is 29.8. The third-order valence-electron chi connectivity index (χ3n) is 8.92. The molecule has 0 saturated heterocycles. The van der Waals surface area contributed by atoms with Crippen LogP contribution in [0.5, 0.6) is 5.75 Å². The first-order chi connectivity index (χ1) is 26.0. The summed E-state index contributed by atoms with van der Waals surface area (Å²) >= 11 is 6.52. The van der Waals surface area contributed by atoms with E-state index in [9.17, 15) is 44.7 Å². The molecule has 0 spiro atoms. The number of benzene rings is 5. The van der Waals surface area contributed by atoms with Crippen molar-refractivity contribution in [2.75, 3.05) is 13.2 Å². The summed E-state index contributed by atoms with van der Waals surface area (Å²) in [7, 11) is -4.89. The van der Waals surface area contributed by atoms with Crippen molar-refractivity contribution in [3.05, 3.63) is 165 Å². The van der Waals surface area contributed by atoms with Gasteiger partial charge in [0.15, 0.2) is 0 Å². The van der Waals surface area contributed by atoms with E-state index >= 15 is 0 Å². The molecule has 0 unspecified atom stereocenters. The van der Waals surface area contributed by atoms with Gasteiger partial charge in [-0.25, -0.2) is 17.9 Å². The fourth-order valence-corrected chi connectivity index (χ4v) is 7.72. The number of aromatic nitrogens is 1. The van der Waals surface area contributed by atoms with E-state index in [0.29, 0.717) is 32.9 Å². The molecule has 5 aromatic carbocycles. The van der Waals surface area contributed by atoms with Crippen LogP contribution >= 0.6 is 11.6 Å². The second kappa shape index (κ2) is 15.8. The highest BCUT2D eigenvalue weighted by molar-refractivity contribution is 7.89. The fourth-order valence-electron chi connectivity index (χ4n) is 6.45. The minimum Gasteiger partial charge on any atom is -0.493 e. The zero-order valence-electron chi connectivity index (χ0n) is 28.5. The Hall–Kier alpha value is -5.31. The van der Waals surface area contributed by atoms with Crippen molar-refractivity contribution >= 4 is 38.5 Å². The van der Waals surface area contributed by atoms with E-state index in [-0.39, 0.29) is 43.2 Å². The number of hydrogen-bond donors (Lipinski definition) is 2. The van der Waals surface area contributed by atoms with E-state index in [0.717, 1.165) is 11.1 Å². The SMILES string of the molecule is O=C(O)c1ccc(OCCc2c(CCNS(=O)(=O)c3cc(C(F)(F)F)cc(C(F)(F)F)c3)n(C(c3ccccc3)c3ccccc3)c3ccc(Cl)cc23)cc1. The maximum atomic E-state index is 13.6. The van der Waals surface area contributed by atoms with Crippen LogP contribution in [0.2, 0.25) is 5.02 Å². The van der Waals surface area contributed by atoms with Crippen LogP contribution in [0.1, 0.15) is 49.9 Å². The number of sulfonamides is 1. The lowest BCUT2D eigenvalue weighted by Crippen LogP contribution is -2.28. The second-order valence-electron chi connectivity index (χ2n) is 12.5. The van der Waals surface area contributed by atoms with Gasteiger partial charge in [-0.15, -0.1) is 0 Å². The van der Waals surface area contributed by atoms with Gasteiger partial charge in [-0.2, -0.15) is 26.3 Å². The third-order valence-corrected chi connectivity index (χ3v) is 10.6. The Morgan fingerprint density at radius 1 is 0.764 bits per heavy atom. The number of ether oxygens (including phenoxy) is 1. The molecule has 0 atom stereocenters. The average molecular weight is 801 g/mol. The Morgan fingerprint density at radius 2 is 1.33 bits per heavy atom. The average Bonchev–Trinajstić information content (AvgIpc) is 3.43. The molecule has 15 heteroatoms. The topological polar surface area (TPSA) is 97.6 Å². The van der Waals surface area contributed by atoms with E-state index < -0.39 is 57.0 Å². The number of nitrogens with zero attached hydrogens (tertiary/aromatic N) is 1. The summed E-state index contributed by atoms with van der Waals surface area (Å²) in [6.07, 6.45) is -10.3. The molecule has 1 heterocycles. The van der Waals surface area contributed by atoms with Crippen molar-refractivity contribution in [3.8, 4) is 5.75 Å². The standard InChI is InChI=1S/C40H31ClF6N2O5S/c41-30-13-16-35-34(24-30)33(18-20-54-31-14-11-27(12-15-31)38(50)51)36(49(35)37(25-7-3-1-4-8-25)26-9-5-2-6-10-26)17-19-48-55(52,53)32-22-28(39(42,43)44)21-29(23-32)40(45,46)47/h1-16,21-24,37,48H,17-20H2,(H,50,51). The van der Waals surface area contributed by atoms with Crippen LogP contribution in [0.25, 0.3) is 10.9 Å². The highest BCUT2D eigenvalue weighted by atomic mass is 35.5. The quantitative estimate of drug-likeness (QED) is 0.113. The Balaban J connectivity index is 1.43. The summed E-state index contributed by atoms with van der Waals surface area (Å²) in [5.74, 6) is -0.705. The molecule has 1 aromatic heterocycles. The third kappa shape index (κ3) is 8.98. The number of carboxylic acid groups (broad SMARTS) is 1. The molecule has 0 aliphatic heterocycles. The number of rotatable bonds is 13. The van der Waals surface area contributed by atoms with Gasteiger partial charge >= 0.3 is 18.3 Å². The van der Waals surface area contributed by atoms with Crippen molar-refractivity contribution in [2.45, 2.75) is 36.1 Å². The first-order valence-electron chi connectivity index (χ1n) is 16.7. The molecule has 55 heavy (non-hydrogen) atoms. The van der Waals surface area contributed by atoms with Crippen LogP contribution in [0.3, 0.4) is 0 Å². The molecular formula is C40H31ClF6N2O5S. The fraction of sp³-hybridized carbons (Fsp3) is 0.175. The lowest BCUT2D eigenvalue weighted by Gasteiger charge is -2.25. The number of fused-ring (bicyclic) bond motifs is 1. The Morgan fingerprint density at radius 3 is 1.85 bits per heavy atom. The van der Waals surface area contributed by atoms with Crippen LogP contribution in [0.15, 0.2) is 126 Å². The van der Waals surface area contributed by atoms with Gasteiger partial charge in [0.2, 0.25) is 10.0 Å². The largest absolute Gasteiger partial charge is 0.493 e. The van der Waals surface area contributed by atoms with E-state index in [4.69, 9.17) is 16.3 Å². The number of hydrogen-bond acceptors (Lipinski definition) is 4. The van der Waals surface area contributed by atoms with Crippen LogP contribution in [-0.4, -0.2) is 37.2 Å². The van der Waals surface area contributed by atoms with Gasteiger partial charge in [0.1, 0.15) is 5.75 Å². The van der Waals surface area contributed by atoms with Gasteiger partial charge in [-0.05, 0) is 77.4 Å². The molecule has 0 amide bonds. The Labute approximate surface area is 316 Å². The summed E-state index contributed by atoms with van der Waals surface area (Å²) in [6.45, 7) is -0.326. The van der Waals surface area contributed by atoms with Crippen molar-refractivity contribution in [1.29, 1.82) is 0 Å². The maximum Gasteiger partial charge on any atom is 0.416 e. The predicted octanol–water partition coefficient (Wildman–Crippen LogP) is 9.81. The number of carboxylic acids is 1. The molecule has 2 N–H and O–H groups in total. The smallest absolute Gasteiger partial charge is 0.416 e. The summed E-state index contributed by atoms with van der Waals surface area (Å²) in [5, 5.41) is 10.4. The minimum absolute atomic E-state index is 0.0601. The van der Waals surface area contributed by atoms with Crippen LogP contribution in [0.4, 0.5) is 26.3 Å². The molecule has 0 bridgehead atoms. The van der Waals surface area contributed by atoms with E-state index in [1.165, 1.54) is 24.3 Å². The Kier molecular flexibility index (Phi) is 11.3. The molecule has 0 aliphatic rings. The van der Waals surface area contributed by atoms with Crippen molar-refractivity contribution in [1.82, 2.24) is 9.29 Å². The van der Waals surface area contributed by atoms with Gasteiger partial charge in [0.05, 0.1) is 34.2 Å². The van der Waals surface area contributed by atoms with Gasteiger partial charge in [0.25, 0.3) is 0 Å². The Bertz CT molecular complexity index is 2350. The number of carbonyl (C=O) groups is 1. The minimum atomic E-state index is -5.24. The monoisotopic (exact) mass is 800 g/mol. The van der Waals surface area contributed by atoms with Crippen molar-refractivity contribution in [3.63, 3.8) is 0 Å². The van der Waals surface area contributed by atoms with Gasteiger partial charge in [0, 0.05) is 41.0 Å².